The molecule has 0 saturated carbocycles. The largest absolute Gasteiger partial charge is 0.342 e. The van der Waals surface area contributed by atoms with E-state index in [1.54, 1.807) is 0 Å². The molecule has 1 aliphatic rings. The van der Waals surface area contributed by atoms with E-state index in [2.05, 4.69) is 41.5 Å². The van der Waals surface area contributed by atoms with Gasteiger partial charge >= 0.3 is 0 Å². The van der Waals surface area contributed by atoms with Crippen molar-refractivity contribution in [2.75, 3.05) is 7.05 Å². The van der Waals surface area contributed by atoms with E-state index in [0.717, 1.165) is 0 Å². The Morgan fingerprint density at radius 3 is 1.80 bits per heavy atom. The number of likely N-dealkylation sites (tertiary alicyclic amines) is 1. The molecule has 0 N–H and O–H groups in total. The second-order valence-electron chi connectivity index (χ2n) is 6.99. The minimum Gasteiger partial charge on any atom is -0.342 e. The maximum Gasteiger partial charge on any atom is 0.222 e. The van der Waals surface area contributed by atoms with Crippen molar-refractivity contribution in [3.05, 3.63) is 0 Å². The van der Waals surface area contributed by atoms with Crippen molar-refractivity contribution in [1.29, 1.82) is 0 Å². The highest BCUT2D eigenvalue weighted by molar-refractivity contribution is 5.79. The monoisotopic (exact) mass is 211 g/mol. The van der Waals surface area contributed by atoms with E-state index in [1.165, 1.54) is 0 Å². The number of hydrogen-bond acceptors (Lipinski definition) is 1. The van der Waals surface area contributed by atoms with Crippen LogP contribution in [0.1, 0.15) is 48.0 Å². The molecule has 0 aromatic rings. The van der Waals surface area contributed by atoms with E-state index in [9.17, 15) is 4.79 Å². The second-order valence-corrected chi connectivity index (χ2v) is 6.99. The van der Waals surface area contributed by atoms with E-state index in [-0.39, 0.29) is 10.8 Å². The Balaban J connectivity index is 3.03. The molecule has 1 saturated heterocycles. The quantitative estimate of drug-likeness (QED) is 0.603. The molecular weight excluding hydrogens is 186 g/mol. The third-order valence-corrected chi connectivity index (χ3v) is 3.59. The predicted octanol–water partition coefficient (Wildman–Crippen LogP) is 2.93. The summed E-state index contributed by atoms with van der Waals surface area (Å²) in [6, 6.07) is 0.366. The SMILES string of the molecule is CN1C(=O)CC(C(C)(C)C)C1C(C)(C)C. The highest BCUT2D eigenvalue weighted by Crippen LogP contribution is 2.45. The fourth-order valence-corrected chi connectivity index (χ4v) is 2.83. The number of nitrogens with zero attached hydrogens (tertiary/aromatic N) is 1. The van der Waals surface area contributed by atoms with E-state index in [4.69, 9.17) is 0 Å². The van der Waals surface area contributed by atoms with Gasteiger partial charge in [0.1, 0.15) is 0 Å². The predicted molar refractivity (Wildman–Crippen MR) is 63.6 cm³/mol. The number of carbonyl (C=O) groups is 1. The van der Waals surface area contributed by atoms with Crippen molar-refractivity contribution < 1.29 is 4.79 Å². The van der Waals surface area contributed by atoms with Gasteiger partial charge < -0.3 is 4.90 Å². The molecule has 2 nitrogen and oxygen atoms in total. The van der Waals surface area contributed by atoms with E-state index in [1.807, 2.05) is 11.9 Å². The van der Waals surface area contributed by atoms with E-state index < -0.39 is 0 Å². The van der Waals surface area contributed by atoms with Crippen molar-refractivity contribution >= 4 is 5.91 Å². The van der Waals surface area contributed by atoms with Crippen LogP contribution in [0.3, 0.4) is 0 Å². The topological polar surface area (TPSA) is 20.3 Å². The Morgan fingerprint density at radius 1 is 1.07 bits per heavy atom. The van der Waals surface area contributed by atoms with Crippen LogP contribution in [0.25, 0.3) is 0 Å². The molecule has 0 aliphatic carbocycles. The fourth-order valence-electron chi connectivity index (χ4n) is 2.83. The molecule has 1 rings (SSSR count). The van der Waals surface area contributed by atoms with Crippen molar-refractivity contribution in [1.82, 2.24) is 4.90 Å². The van der Waals surface area contributed by atoms with Gasteiger partial charge in [0.25, 0.3) is 0 Å². The summed E-state index contributed by atoms with van der Waals surface area (Å²) < 4.78 is 0. The molecule has 2 atom stereocenters. The summed E-state index contributed by atoms with van der Waals surface area (Å²) >= 11 is 0. The maximum atomic E-state index is 11.8. The Bertz CT molecular complexity index is 257. The third-order valence-electron chi connectivity index (χ3n) is 3.59. The van der Waals surface area contributed by atoms with Crippen LogP contribution in [0.2, 0.25) is 0 Å². The fraction of sp³-hybridized carbons (Fsp3) is 0.923. The normalized spacial score (nSPS) is 28.7. The lowest BCUT2D eigenvalue weighted by Gasteiger charge is -2.41. The van der Waals surface area contributed by atoms with E-state index in [0.29, 0.717) is 24.3 Å². The molecule has 2 unspecified atom stereocenters. The number of rotatable bonds is 0. The molecule has 1 heterocycles. The summed E-state index contributed by atoms with van der Waals surface area (Å²) in [5.74, 6) is 0.768. The average molecular weight is 211 g/mol. The van der Waals surface area contributed by atoms with Gasteiger partial charge in [0.15, 0.2) is 0 Å². The van der Waals surface area contributed by atoms with Crippen LogP contribution in [0.15, 0.2) is 0 Å². The Hall–Kier alpha value is -0.530. The standard InChI is InChI=1S/C13H25NO/c1-12(2,3)9-8-10(15)14(7)11(9)13(4,5)6/h9,11H,8H2,1-7H3. The van der Waals surface area contributed by atoms with Gasteiger partial charge in [0.2, 0.25) is 5.91 Å². The summed E-state index contributed by atoms with van der Waals surface area (Å²) in [4.78, 5) is 13.8. The van der Waals surface area contributed by atoms with Crippen LogP contribution in [0, 0.1) is 16.7 Å². The van der Waals surface area contributed by atoms with Crippen LogP contribution in [-0.4, -0.2) is 23.9 Å². The highest BCUT2D eigenvalue weighted by atomic mass is 16.2. The van der Waals surface area contributed by atoms with Crippen molar-refractivity contribution in [2.24, 2.45) is 16.7 Å². The molecule has 0 spiro atoms. The molecule has 1 amide bonds. The van der Waals surface area contributed by atoms with E-state index >= 15 is 0 Å². The number of amides is 1. The first-order valence-electron chi connectivity index (χ1n) is 5.81. The minimum absolute atomic E-state index is 0.166. The van der Waals surface area contributed by atoms with Crippen LogP contribution >= 0.6 is 0 Å². The second kappa shape index (κ2) is 3.50. The zero-order valence-corrected chi connectivity index (χ0v) is 11.2. The van der Waals surface area contributed by atoms with Crippen molar-refractivity contribution in [3.63, 3.8) is 0 Å². The summed E-state index contributed by atoms with van der Waals surface area (Å²) in [5.41, 5.74) is 0.372. The van der Waals surface area contributed by atoms with Gasteiger partial charge in [-0.3, -0.25) is 4.79 Å². The lowest BCUT2D eigenvalue weighted by molar-refractivity contribution is -0.128. The van der Waals surface area contributed by atoms with Crippen LogP contribution in [0.5, 0.6) is 0 Å². The molecule has 0 aromatic carbocycles. The third kappa shape index (κ3) is 2.35. The van der Waals surface area contributed by atoms with Gasteiger partial charge in [-0.2, -0.15) is 0 Å². The summed E-state index contributed by atoms with van der Waals surface area (Å²) in [6.45, 7) is 13.4. The Labute approximate surface area is 94.0 Å². The molecule has 1 aliphatic heterocycles. The summed E-state index contributed by atoms with van der Waals surface area (Å²) in [6.07, 6.45) is 0.710. The molecular formula is C13H25NO. The zero-order valence-electron chi connectivity index (χ0n) is 11.2. The number of carbonyl (C=O) groups excluding carboxylic acids is 1. The van der Waals surface area contributed by atoms with Crippen molar-refractivity contribution in [2.45, 2.75) is 54.0 Å². The van der Waals surface area contributed by atoms with Gasteiger partial charge in [0.05, 0.1) is 0 Å². The van der Waals surface area contributed by atoms with Gasteiger partial charge in [-0.15, -0.1) is 0 Å². The Kier molecular flexibility index (Phi) is 2.92. The molecule has 2 heteroatoms. The van der Waals surface area contributed by atoms with Crippen LogP contribution in [0.4, 0.5) is 0 Å². The van der Waals surface area contributed by atoms with Crippen LogP contribution in [-0.2, 0) is 4.79 Å². The van der Waals surface area contributed by atoms with Gasteiger partial charge in [0, 0.05) is 19.5 Å². The molecule has 88 valence electrons. The van der Waals surface area contributed by atoms with Crippen molar-refractivity contribution in [3.8, 4) is 0 Å². The average Bonchev–Trinajstić information content (AvgIpc) is 2.25. The van der Waals surface area contributed by atoms with Crippen LogP contribution < -0.4 is 0 Å². The maximum absolute atomic E-state index is 11.8. The summed E-state index contributed by atoms with van der Waals surface area (Å²) in [7, 11) is 1.95. The first-order valence-corrected chi connectivity index (χ1v) is 5.81. The van der Waals surface area contributed by atoms with Gasteiger partial charge in [-0.25, -0.2) is 0 Å². The molecule has 0 radical (unpaired) electrons. The molecule has 0 aromatic heterocycles. The highest BCUT2D eigenvalue weighted by Gasteiger charge is 2.48. The zero-order chi connectivity index (χ0) is 12.0. The van der Waals surface area contributed by atoms with Gasteiger partial charge in [-0.1, -0.05) is 41.5 Å². The lowest BCUT2D eigenvalue weighted by atomic mass is 9.69. The molecule has 15 heavy (non-hydrogen) atoms. The lowest BCUT2D eigenvalue weighted by Crippen LogP contribution is -2.45. The molecule has 0 bridgehead atoms. The Morgan fingerprint density at radius 2 is 1.53 bits per heavy atom. The molecule has 1 fully saturated rings. The number of hydrogen-bond donors (Lipinski definition) is 0. The van der Waals surface area contributed by atoms with Gasteiger partial charge in [-0.05, 0) is 16.7 Å². The first kappa shape index (κ1) is 12.5. The first-order chi connectivity index (χ1) is 6.55. The minimum atomic E-state index is 0.166. The smallest absolute Gasteiger partial charge is 0.222 e. The summed E-state index contributed by atoms with van der Waals surface area (Å²) in [5, 5.41) is 0.